The van der Waals surface area contributed by atoms with Crippen molar-refractivity contribution in [2.75, 3.05) is 25.0 Å². The Bertz CT molecular complexity index is 519. The molecule has 1 aliphatic heterocycles. The van der Waals surface area contributed by atoms with Gasteiger partial charge in [-0.1, -0.05) is 24.6 Å². The van der Waals surface area contributed by atoms with Crippen molar-refractivity contribution in [2.45, 2.75) is 26.3 Å². The lowest BCUT2D eigenvalue weighted by molar-refractivity contribution is -0.128. The molecule has 2 amide bonds. The summed E-state index contributed by atoms with van der Waals surface area (Å²) in [6.07, 6.45) is 0.657. The van der Waals surface area contributed by atoms with Gasteiger partial charge in [0.25, 0.3) is 0 Å². The van der Waals surface area contributed by atoms with E-state index in [-0.39, 0.29) is 30.1 Å². The van der Waals surface area contributed by atoms with Crippen LogP contribution in [0.15, 0.2) is 24.3 Å². The van der Waals surface area contributed by atoms with E-state index in [4.69, 9.17) is 0 Å². The lowest BCUT2D eigenvalue weighted by Crippen LogP contribution is -2.45. The molecule has 0 aliphatic carbocycles. The van der Waals surface area contributed by atoms with Gasteiger partial charge < -0.3 is 15.5 Å². The Hall–Kier alpha value is -1.59. The first-order chi connectivity index (χ1) is 10.0. The number of benzene rings is 1. The van der Waals surface area contributed by atoms with Gasteiger partial charge in [-0.25, -0.2) is 0 Å². The van der Waals surface area contributed by atoms with Crippen LogP contribution in [0, 0.1) is 12.8 Å². The van der Waals surface area contributed by atoms with Crippen LogP contribution in [0.2, 0.25) is 0 Å². The summed E-state index contributed by atoms with van der Waals surface area (Å²) in [5.74, 6) is -0.242. The number of hydrogen-bond donors (Lipinski definition) is 2. The highest BCUT2D eigenvalue weighted by molar-refractivity contribution is 6.01. The van der Waals surface area contributed by atoms with Crippen LogP contribution >= 0.6 is 12.4 Å². The number of nitrogens with one attached hydrogen (secondary N) is 2. The van der Waals surface area contributed by atoms with Crippen LogP contribution in [0.4, 0.5) is 5.69 Å². The number of nitrogens with zero attached hydrogens (tertiary/aromatic N) is 1. The quantitative estimate of drug-likeness (QED) is 0.862. The molecule has 2 unspecified atom stereocenters. The van der Waals surface area contributed by atoms with Crippen LogP contribution in [0.1, 0.15) is 18.9 Å². The van der Waals surface area contributed by atoms with Crippen LogP contribution in [0.3, 0.4) is 0 Å². The lowest BCUT2D eigenvalue weighted by atomic mass is 10.1. The van der Waals surface area contributed by atoms with Crippen molar-refractivity contribution in [1.29, 1.82) is 0 Å². The lowest BCUT2D eigenvalue weighted by Gasteiger charge is -2.18. The molecular formula is C16H24ClN3O2. The molecule has 2 atom stereocenters. The first-order valence-corrected chi connectivity index (χ1v) is 7.36. The minimum Gasteiger partial charge on any atom is -0.344 e. The summed E-state index contributed by atoms with van der Waals surface area (Å²) < 4.78 is 0. The Labute approximate surface area is 137 Å². The van der Waals surface area contributed by atoms with Crippen molar-refractivity contribution in [3.05, 3.63) is 29.8 Å². The molecule has 0 saturated carbocycles. The molecule has 6 heteroatoms. The predicted molar refractivity (Wildman–Crippen MR) is 90.4 cm³/mol. The van der Waals surface area contributed by atoms with E-state index >= 15 is 0 Å². The molecule has 122 valence electrons. The third kappa shape index (κ3) is 4.21. The van der Waals surface area contributed by atoms with Gasteiger partial charge in [0, 0.05) is 24.7 Å². The standard InChI is InChI=1S/C16H23N3O2.ClH/c1-11-4-6-13(7-5-11)19-9-8-14(16(19)21)18-15(20)12(2)10-17-3;/h4-7,12,14,17H,8-10H2,1-3H3,(H,18,20);1H. The minimum atomic E-state index is -0.405. The van der Waals surface area contributed by atoms with E-state index < -0.39 is 6.04 Å². The van der Waals surface area contributed by atoms with Gasteiger partial charge in [-0.15, -0.1) is 12.4 Å². The van der Waals surface area contributed by atoms with Crippen molar-refractivity contribution in [2.24, 2.45) is 5.92 Å². The number of halogens is 1. The van der Waals surface area contributed by atoms with Gasteiger partial charge >= 0.3 is 0 Å². The molecule has 0 spiro atoms. The van der Waals surface area contributed by atoms with E-state index in [9.17, 15) is 9.59 Å². The molecule has 2 rings (SSSR count). The van der Waals surface area contributed by atoms with E-state index in [2.05, 4.69) is 10.6 Å². The molecule has 1 aromatic rings. The molecule has 2 N–H and O–H groups in total. The van der Waals surface area contributed by atoms with E-state index in [0.717, 1.165) is 11.3 Å². The zero-order chi connectivity index (χ0) is 15.4. The van der Waals surface area contributed by atoms with Crippen LogP contribution < -0.4 is 15.5 Å². The second kappa shape index (κ2) is 8.15. The number of anilines is 1. The van der Waals surface area contributed by atoms with Crippen LogP contribution in [0.25, 0.3) is 0 Å². The monoisotopic (exact) mass is 325 g/mol. The number of hydrogen-bond acceptors (Lipinski definition) is 3. The Morgan fingerprint density at radius 3 is 2.59 bits per heavy atom. The Morgan fingerprint density at radius 2 is 2.00 bits per heavy atom. The summed E-state index contributed by atoms with van der Waals surface area (Å²) in [6, 6.07) is 7.47. The highest BCUT2D eigenvalue weighted by atomic mass is 35.5. The Kier molecular flexibility index (Phi) is 6.84. The van der Waals surface area contributed by atoms with Crippen LogP contribution in [0.5, 0.6) is 0 Å². The SMILES string of the molecule is CNCC(C)C(=O)NC1CCN(c2ccc(C)cc2)C1=O.Cl. The number of carbonyl (C=O) groups is 2. The maximum absolute atomic E-state index is 12.4. The summed E-state index contributed by atoms with van der Waals surface area (Å²) in [4.78, 5) is 26.1. The van der Waals surface area contributed by atoms with Crippen molar-refractivity contribution < 1.29 is 9.59 Å². The van der Waals surface area contributed by atoms with Gasteiger partial charge in [0.1, 0.15) is 6.04 Å². The second-order valence-corrected chi connectivity index (χ2v) is 5.63. The average Bonchev–Trinajstić information content (AvgIpc) is 2.81. The summed E-state index contributed by atoms with van der Waals surface area (Å²) >= 11 is 0. The summed E-state index contributed by atoms with van der Waals surface area (Å²) in [6.45, 7) is 5.12. The second-order valence-electron chi connectivity index (χ2n) is 5.63. The largest absolute Gasteiger partial charge is 0.344 e. The topological polar surface area (TPSA) is 61.4 Å². The molecule has 5 nitrogen and oxygen atoms in total. The predicted octanol–water partition coefficient (Wildman–Crippen LogP) is 1.49. The molecule has 0 bridgehead atoms. The fourth-order valence-electron chi connectivity index (χ4n) is 2.51. The summed E-state index contributed by atoms with van der Waals surface area (Å²) in [5.41, 5.74) is 2.06. The number of rotatable bonds is 5. The van der Waals surface area contributed by atoms with E-state index in [1.54, 1.807) is 4.90 Å². The third-order valence-electron chi connectivity index (χ3n) is 3.83. The average molecular weight is 326 g/mol. The number of carbonyl (C=O) groups excluding carboxylic acids is 2. The normalized spacial score (nSPS) is 18.8. The summed E-state index contributed by atoms with van der Waals surface area (Å²) in [5, 5.41) is 5.82. The van der Waals surface area contributed by atoms with Crippen LogP contribution in [-0.4, -0.2) is 38.0 Å². The van der Waals surface area contributed by atoms with Crippen molar-refractivity contribution >= 4 is 29.9 Å². The van der Waals surface area contributed by atoms with Gasteiger partial charge in [0.15, 0.2) is 0 Å². The van der Waals surface area contributed by atoms with Gasteiger partial charge in [-0.2, -0.15) is 0 Å². The van der Waals surface area contributed by atoms with Crippen molar-refractivity contribution in [3.63, 3.8) is 0 Å². The zero-order valence-electron chi connectivity index (χ0n) is 13.3. The first kappa shape index (κ1) is 18.5. The maximum atomic E-state index is 12.4. The molecule has 0 aromatic heterocycles. The fourth-order valence-corrected chi connectivity index (χ4v) is 2.51. The van der Waals surface area contributed by atoms with E-state index in [1.807, 2.05) is 45.2 Å². The van der Waals surface area contributed by atoms with E-state index in [0.29, 0.717) is 19.5 Å². The van der Waals surface area contributed by atoms with Gasteiger partial charge in [-0.3, -0.25) is 9.59 Å². The van der Waals surface area contributed by atoms with Gasteiger partial charge in [-0.05, 0) is 32.5 Å². The minimum absolute atomic E-state index is 0. The van der Waals surface area contributed by atoms with Crippen LogP contribution in [-0.2, 0) is 9.59 Å². The van der Waals surface area contributed by atoms with E-state index in [1.165, 1.54) is 0 Å². The van der Waals surface area contributed by atoms with Crippen molar-refractivity contribution in [3.8, 4) is 0 Å². The third-order valence-corrected chi connectivity index (χ3v) is 3.83. The maximum Gasteiger partial charge on any atom is 0.249 e. The highest BCUT2D eigenvalue weighted by Crippen LogP contribution is 2.22. The Morgan fingerprint density at radius 1 is 1.36 bits per heavy atom. The molecule has 1 aliphatic rings. The highest BCUT2D eigenvalue weighted by Gasteiger charge is 2.34. The fraction of sp³-hybridized carbons (Fsp3) is 0.500. The molecule has 1 heterocycles. The molecule has 1 aromatic carbocycles. The molecule has 0 radical (unpaired) electrons. The molecular weight excluding hydrogens is 302 g/mol. The zero-order valence-corrected chi connectivity index (χ0v) is 14.1. The molecule has 22 heavy (non-hydrogen) atoms. The molecule has 1 fully saturated rings. The van der Waals surface area contributed by atoms with Crippen molar-refractivity contribution in [1.82, 2.24) is 10.6 Å². The molecule has 1 saturated heterocycles. The summed E-state index contributed by atoms with van der Waals surface area (Å²) in [7, 11) is 1.81. The Balaban J connectivity index is 0.00000242. The van der Waals surface area contributed by atoms with Gasteiger partial charge in [0.2, 0.25) is 11.8 Å². The number of aryl methyl sites for hydroxylation is 1. The van der Waals surface area contributed by atoms with Gasteiger partial charge in [0.05, 0.1) is 0 Å². The first-order valence-electron chi connectivity index (χ1n) is 7.36. The smallest absolute Gasteiger partial charge is 0.249 e. The number of amides is 2.